The molecule has 0 spiro atoms. The van der Waals surface area contributed by atoms with Crippen LogP contribution in [0.5, 0.6) is 0 Å². The summed E-state index contributed by atoms with van der Waals surface area (Å²) in [5.74, 6) is 0. The Morgan fingerprint density at radius 3 is 1.10 bits per heavy atom. The van der Waals surface area contributed by atoms with Crippen LogP contribution in [0.2, 0.25) is 0 Å². The van der Waals surface area contributed by atoms with Gasteiger partial charge in [-0.15, -0.1) is 0 Å². The Morgan fingerprint density at radius 2 is 0.975 bits per heavy atom. The molecule has 3 aromatic heterocycles. The second-order valence-corrected chi connectivity index (χ2v) is 13.0. The van der Waals surface area contributed by atoms with Gasteiger partial charge in [-0.25, -0.2) is 9.97 Å². The largest absolute Gasteiger partial charge is 0.368 e. The van der Waals surface area contributed by atoms with E-state index in [2.05, 4.69) is 145 Å². The minimum Gasteiger partial charge on any atom is -0.368 e. The smallest absolute Gasteiger partial charge is 0.0919 e. The van der Waals surface area contributed by atoms with E-state index >= 15 is 0 Å². The molecular formula is C35H63N5. The average Bonchev–Trinajstić information content (AvgIpc) is 3.66. The summed E-state index contributed by atoms with van der Waals surface area (Å²) >= 11 is 0. The predicted molar refractivity (Wildman–Crippen MR) is 179 cm³/mol. The van der Waals surface area contributed by atoms with Crippen molar-refractivity contribution in [3.05, 3.63) is 97.9 Å². The molecule has 0 atom stereocenters. The van der Waals surface area contributed by atoms with E-state index < -0.39 is 0 Å². The average molecular weight is 554 g/mol. The summed E-state index contributed by atoms with van der Waals surface area (Å²) in [6, 6.07) is 14.4. The van der Waals surface area contributed by atoms with Crippen LogP contribution in [0.1, 0.15) is 115 Å². The number of nitrogens with zero attached hydrogens (tertiary/aromatic N) is 2. The van der Waals surface area contributed by atoms with Crippen molar-refractivity contribution in [2.24, 2.45) is 10.8 Å². The molecular weight excluding hydrogens is 490 g/mol. The Bertz CT molecular complexity index is 771. The highest BCUT2D eigenvalue weighted by Gasteiger charge is 2.11. The zero-order chi connectivity index (χ0) is 31.3. The molecule has 0 saturated heterocycles. The molecule has 4 rings (SSSR count). The zero-order valence-corrected chi connectivity index (χ0v) is 28.2. The summed E-state index contributed by atoms with van der Waals surface area (Å²) in [5.41, 5.74) is 2.74. The molecule has 3 heterocycles. The number of H-pyrrole nitrogens is 3. The van der Waals surface area contributed by atoms with E-state index in [1.54, 1.807) is 37.4 Å². The van der Waals surface area contributed by atoms with Crippen molar-refractivity contribution in [2.75, 3.05) is 0 Å². The molecule has 1 aromatic carbocycles. The van der Waals surface area contributed by atoms with Gasteiger partial charge in [0.1, 0.15) is 0 Å². The highest BCUT2D eigenvalue weighted by molar-refractivity contribution is 5.21. The van der Waals surface area contributed by atoms with Gasteiger partial charge in [0.2, 0.25) is 0 Å². The van der Waals surface area contributed by atoms with Crippen LogP contribution in [0, 0.1) is 10.8 Å². The third kappa shape index (κ3) is 44.9. The van der Waals surface area contributed by atoms with Gasteiger partial charge in [0.15, 0.2) is 0 Å². The highest BCUT2D eigenvalue weighted by Crippen LogP contribution is 2.21. The van der Waals surface area contributed by atoms with E-state index in [-0.39, 0.29) is 0 Å². The summed E-state index contributed by atoms with van der Waals surface area (Å²) < 4.78 is 0. The van der Waals surface area contributed by atoms with Crippen LogP contribution < -0.4 is 0 Å². The van der Waals surface area contributed by atoms with Gasteiger partial charge in [0.05, 0.1) is 12.7 Å². The molecule has 0 unspecified atom stereocenters. The molecule has 0 radical (unpaired) electrons. The first-order valence-corrected chi connectivity index (χ1v) is 14.6. The van der Waals surface area contributed by atoms with Crippen molar-refractivity contribution in [1.29, 1.82) is 0 Å². The number of benzene rings is 1. The Balaban J connectivity index is -0.000000411. The number of nitrogens with one attached hydrogen (secondary N) is 3. The molecule has 5 heteroatoms. The number of aromatic amines is 3. The van der Waals surface area contributed by atoms with Crippen LogP contribution in [0.3, 0.4) is 0 Å². The first kappa shape index (κ1) is 41.4. The lowest BCUT2D eigenvalue weighted by Crippen LogP contribution is -2.10. The van der Waals surface area contributed by atoms with Crippen molar-refractivity contribution >= 4 is 0 Å². The fraction of sp³-hybridized carbons (Fsp3) is 0.543. The van der Waals surface area contributed by atoms with Crippen molar-refractivity contribution in [1.82, 2.24) is 24.9 Å². The quantitative estimate of drug-likeness (QED) is 0.219. The second kappa shape index (κ2) is 26.2. The molecule has 5 nitrogen and oxygen atoms in total. The number of hydrogen-bond acceptors (Lipinski definition) is 2. The summed E-state index contributed by atoms with van der Waals surface area (Å²) in [6.45, 7) is 28.7. The van der Waals surface area contributed by atoms with Gasteiger partial charge in [-0.1, -0.05) is 133 Å². The number of hydrogen-bond donors (Lipinski definition) is 3. The maximum atomic E-state index is 3.67. The van der Waals surface area contributed by atoms with Crippen LogP contribution in [0.15, 0.2) is 92.3 Å². The first-order chi connectivity index (χ1) is 18.6. The van der Waals surface area contributed by atoms with Crippen molar-refractivity contribution < 1.29 is 0 Å². The first-order valence-electron chi connectivity index (χ1n) is 14.6. The second-order valence-electron chi connectivity index (χ2n) is 13.0. The van der Waals surface area contributed by atoms with Crippen LogP contribution in [0.25, 0.3) is 0 Å². The van der Waals surface area contributed by atoms with Crippen LogP contribution in [-0.2, 0) is 5.41 Å². The molecule has 4 aromatic rings. The minimum absolute atomic E-state index is 0.293. The lowest BCUT2D eigenvalue weighted by molar-refractivity contribution is 0.373. The lowest BCUT2D eigenvalue weighted by atomic mass is 9.87. The molecule has 0 aliphatic rings. The monoisotopic (exact) mass is 554 g/mol. The van der Waals surface area contributed by atoms with Crippen LogP contribution in [0.4, 0.5) is 0 Å². The van der Waals surface area contributed by atoms with E-state index in [4.69, 9.17) is 0 Å². The molecule has 0 aliphatic heterocycles. The Kier molecular flexibility index (Phi) is 27.1. The van der Waals surface area contributed by atoms with Gasteiger partial charge in [-0.3, -0.25) is 0 Å². The lowest BCUT2D eigenvalue weighted by Gasteiger charge is -2.18. The molecule has 3 N–H and O–H groups in total. The minimum atomic E-state index is 0.293. The molecule has 0 aliphatic carbocycles. The van der Waals surface area contributed by atoms with Gasteiger partial charge >= 0.3 is 0 Å². The SMILES string of the molecule is CC(C)(C)C.CC(C)(C)c1ccccc1.CCC.CCCC(C)(C)C.c1c[nH]cn1.c1c[nH]cn1.c1cc[nH]c1. The zero-order valence-electron chi connectivity index (χ0n) is 28.2. The topological polar surface area (TPSA) is 73.2 Å². The third-order valence-electron chi connectivity index (χ3n) is 3.95. The van der Waals surface area contributed by atoms with Gasteiger partial charge in [0.25, 0.3) is 0 Å². The summed E-state index contributed by atoms with van der Waals surface area (Å²) in [6.07, 6.45) is 17.8. The molecule has 228 valence electrons. The number of imidazole rings is 2. The summed E-state index contributed by atoms with van der Waals surface area (Å²) in [5, 5.41) is 0. The normalized spacial score (nSPS) is 9.93. The van der Waals surface area contributed by atoms with Crippen molar-refractivity contribution in [2.45, 2.75) is 115 Å². The van der Waals surface area contributed by atoms with E-state index in [0.29, 0.717) is 16.2 Å². The Labute approximate surface area is 248 Å². The molecule has 0 amide bonds. The van der Waals surface area contributed by atoms with Crippen LogP contribution >= 0.6 is 0 Å². The van der Waals surface area contributed by atoms with E-state index in [9.17, 15) is 0 Å². The van der Waals surface area contributed by atoms with E-state index in [1.807, 2.05) is 24.5 Å². The standard InChI is InChI=1S/C10H14.C7H16.C5H12.C4H5N.2C3H4N2.C3H8/c1-10(2,3)9-7-5-4-6-8-9;1-5-6-7(2,3)4;1-5(2,3)4;1-2-4-5-3-1;2*1-2-5-3-4-1;1-3-2/h4-8H,1-3H3;5-6H2,1-4H3;1-4H3;1-5H;2*1-3H,(H,4,5);3H2,1-2H3. The molecule has 40 heavy (non-hydrogen) atoms. The number of aromatic nitrogens is 5. The number of rotatable bonds is 1. The fourth-order valence-electron chi connectivity index (χ4n) is 2.40. The maximum Gasteiger partial charge on any atom is 0.0919 e. The van der Waals surface area contributed by atoms with Crippen LogP contribution in [-0.4, -0.2) is 24.9 Å². The highest BCUT2D eigenvalue weighted by atomic mass is 14.8. The molecule has 0 saturated carbocycles. The van der Waals surface area contributed by atoms with Gasteiger partial charge in [0, 0.05) is 37.2 Å². The van der Waals surface area contributed by atoms with Crippen molar-refractivity contribution in [3.63, 3.8) is 0 Å². The molecule has 0 fully saturated rings. The maximum absolute atomic E-state index is 3.67. The summed E-state index contributed by atoms with van der Waals surface area (Å²) in [7, 11) is 0. The van der Waals surface area contributed by atoms with E-state index in [0.717, 1.165) is 0 Å². The van der Waals surface area contributed by atoms with Gasteiger partial charge in [-0.05, 0) is 40.4 Å². The molecule has 0 bridgehead atoms. The van der Waals surface area contributed by atoms with Gasteiger partial charge in [-0.2, -0.15) is 0 Å². The predicted octanol–water partition coefficient (Wildman–Crippen LogP) is 11.1. The van der Waals surface area contributed by atoms with E-state index in [1.165, 1.54) is 24.8 Å². The Hall–Kier alpha value is -3.08. The Morgan fingerprint density at radius 1 is 0.575 bits per heavy atom. The summed E-state index contributed by atoms with van der Waals surface area (Å²) in [4.78, 5) is 15.7. The third-order valence-corrected chi connectivity index (χ3v) is 3.95. The fourth-order valence-corrected chi connectivity index (χ4v) is 2.40. The van der Waals surface area contributed by atoms with Crippen molar-refractivity contribution in [3.8, 4) is 0 Å². The van der Waals surface area contributed by atoms with Gasteiger partial charge < -0.3 is 15.0 Å².